The maximum Gasteiger partial charge on any atom is 0.292 e. The largest absolute Gasteiger partial charge is 0.348 e. The van der Waals surface area contributed by atoms with E-state index in [0.29, 0.717) is 12.6 Å². The molecule has 1 aliphatic heterocycles. The predicted octanol–water partition coefficient (Wildman–Crippen LogP) is -1.32. The minimum absolute atomic E-state index is 0.0861. The molecule has 0 saturated carbocycles. The summed E-state index contributed by atoms with van der Waals surface area (Å²) in [5.74, 6) is -0.199. The molecule has 7 nitrogen and oxygen atoms in total. The van der Waals surface area contributed by atoms with Crippen LogP contribution in [0, 0.1) is 0 Å². The number of tetrazole rings is 1. The summed E-state index contributed by atoms with van der Waals surface area (Å²) in [6.07, 6.45) is 2.27. The molecule has 76 valence electrons. The van der Waals surface area contributed by atoms with Gasteiger partial charge in [-0.2, -0.15) is 5.21 Å². The molecule has 2 rings (SSSR count). The zero-order chi connectivity index (χ0) is 9.80. The number of H-pyrrole nitrogens is 1. The van der Waals surface area contributed by atoms with E-state index in [2.05, 4.69) is 31.3 Å². The minimum atomic E-state index is -0.285. The van der Waals surface area contributed by atoms with Crippen molar-refractivity contribution in [3.8, 4) is 0 Å². The van der Waals surface area contributed by atoms with E-state index in [1.807, 2.05) is 0 Å². The molecule has 2 heterocycles. The van der Waals surface area contributed by atoms with E-state index in [1.54, 1.807) is 0 Å². The topological polar surface area (TPSA) is 95.6 Å². The first kappa shape index (κ1) is 9.07. The molecular formula is C7H12N6O. The Morgan fingerprint density at radius 3 is 3.21 bits per heavy atom. The van der Waals surface area contributed by atoms with Crippen molar-refractivity contribution in [2.24, 2.45) is 0 Å². The van der Waals surface area contributed by atoms with Gasteiger partial charge in [0.25, 0.3) is 11.7 Å². The lowest BCUT2D eigenvalue weighted by Crippen LogP contribution is -2.37. The summed E-state index contributed by atoms with van der Waals surface area (Å²) in [5, 5.41) is 18.7. The van der Waals surface area contributed by atoms with Gasteiger partial charge in [0, 0.05) is 12.6 Å². The normalized spacial score (nSPS) is 21.0. The number of nitrogens with one attached hydrogen (secondary N) is 3. The van der Waals surface area contributed by atoms with E-state index < -0.39 is 0 Å². The third-order valence-electron chi connectivity index (χ3n) is 2.22. The summed E-state index contributed by atoms with van der Waals surface area (Å²) in [6, 6.07) is 0.380. The first-order valence-electron chi connectivity index (χ1n) is 4.61. The average Bonchev–Trinajstić information content (AvgIpc) is 2.87. The fraction of sp³-hybridized carbons (Fsp3) is 0.714. The fourth-order valence-corrected chi connectivity index (χ4v) is 1.48. The van der Waals surface area contributed by atoms with Gasteiger partial charge in [-0.05, 0) is 24.6 Å². The number of aromatic amines is 1. The molecule has 1 fully saturated rings. The van der Waals surface area contributed by atoms with Gasteiger partial charge in [-0.15, -0.1) is 10.2 Å². The molecule has 0 aromatic carbocycles. The van der Waals surface area contributed by atoms with Crippen LogP contribution in [0.4, 0.5) is 0 Å². The van der Waals surface area contributed by atoms with Gasteiger partial charge in [-0.25, -0.2) is 0 Å². The molecule has 0 aliphatic carbocycles. The van der Waals surface area contributed by atoms with Crippen molar-refractivity contribution in [1.82, 2.24) is 31.3 Å². The summed E-state index contributed by atoms with van der Waals surface area (Å²) in [6.45, 7) is 1.65. The summed E-state index contributed by atoms with van der Waals surface area (Å²) >= 11 is 0. The molecule has 3 N–H and O–H groups in total. The number of nitrogens with zero attached hydrogens (tertiary/aromatic N) is 3. The number of carbonyl (C=O) groups excluding carboxylic acids is 1. The Kier molecular flexibility index (Phi) is 2.68. The van der Waals surface area contributed by atoms with E-state index in [1.165, 1.54) is 6.42 Å². The molecule has 7 heteroatoms. The molecule has 1 aliphatic rings. The van der Waals surface area contributed by atoms with Crippen molar-refractivity contribution in [2.45, 2.75) is 18.9 Å². The smallest absolute Gasteiger partial charge is 0.292 e. The van der Waals surface area contributed by atoms with Gasteiger partial charge in [0.2, 0.25) is 0 Å². The SMILES string of the molecule is O=C(NCC1CCCN1)c1nn[nH]n1. The van der Waals surface area contributed by atoms with Gasteiger partial charge in [0.1, 0.15) is 0 Å². The van der Waals surface area contributed by atoms with Crippen molar-refractivity contribution in [3.63, 3.8) is 0 Å². The molecular weight excluding hydrogens is 184 g/mol. The van der Waals surface area contributed by atoms with E-state index in [4.69, 9.17) is 0 Å². The van der Waals surface area contributed by atoms with Crippen LogP contribution in [-0.2, 0) is 0 Å². The maximum absolute atomic E-state index is 11.3. The van der Waals surface area contributed by atoms with E-state index in [0.717, 1.165) is 13.0 Å². The van der Waals surface area contributed by atoms with Crippen molar-refractivity contribution < 1.29 is 4.79 Å². The Balaban J connectivity index is 1.78. The molecule has 0 spiro atoms. The molecule has 1 aromatic rings. The highest BCUT2D eigenvalue weighted by Gasteiger charge is 2.16. The minimum Gasteiger partial charge on any atom is -0.348 e. The Bertz CT molecular complexity index is 291. The number of amides is 1. The maximum atomic E-state index is 11.3. The molecule has 14 heavy (non-hydrogen) atoms. The highest BCUT2D eigenvalue weighted by Crippen LogP contribution is 2.03. The van der Waals surface area contributed by atoms with Gasteiger partial charge in [0.15, 0.2) is 0 Å². The first-order valence-corrected chi connectivity index (χ1v) is 4.61. The van der Waals surface area contributed by atoms with Crippen LogP contribution in [0.1, 0.15) is 23.5 Å². The molecule has 0 bridgehead atoms. The molecule has 1 amide bonds. The summed E-state index contributed by atoms with van der Waals surface area (Å²) in [4.78, 5) is 11.3. The summed E-state index contributed by atoms with van der Waals surface area (Å²) < 4.78 is 0. The van der Waals surface area contributed by atoms with Gasteiger partial charge < -0.3 is 10.6 Å². The van der Waals surface area contributed by atoms with Crippen molar-refractivity contribution in [3.05, 3.63) is 5.82 Å². The molecule has 1 unspecified atom stereocenters. The number of hydrogen-bond donors (Lipinski definition) is 3. The van der Waals surface area contributed by atoms with Crippen LogP contribution in [0.5, 0.6) is 0 Å². The van der Waals surface area contributed by atoms with Crippen LogP contribution in [0.2, 0.25) is 0 Å². The monoisotopic (exact) mass is 196 g/mol. The molecule has 1 saturated heterocycles. The zero-order valence-corrected chi connectivity index (χ0v) is 7.66. The molecule has 0 radical (unpaired) electrons. The lowest BCUT2D eigenvalue weighted by atomic mass is 10.2. The number of hydrogen-bond acceptors (Lipinski definition) is 5. The van der Waals surface area contributed by atoms with Crippen LogP contribution in [0.3, 0.4) is 0 Å². The standard InChI is InChI=1S/C7H12N6O/c14-7(6-10-12-13-11-6)9-4-5-2-1-3-8-5/h5,8H,1-4H2,(H,9,14)(H,10,11,12,13). The molecule has 1 aromatic heterocycles. The second kappa shape index (κ2) is 4.14. The van der Waals surface area contributed by atoms with Crippen LogP contribution < -0.4 is 10.6 Å². The van der Waals surface area contributed by atoms with E-state index in [9.17, 15) is 4.79 Å². The van der Waals surface area contributed by atoms with Crippen molar-refractivity contribution >= 4 is 5.91 Å². The third kappa shape index (κ3) is 2.05. The number of rotatable bonds is 3. The number of carbonyl (C=O) groups is 1. The predicted molar refractivity (Wildman–Crippen MR) is 47.5 cm³/mol. The highest BCUT2D eigenvalue weighted by atomic mass is 16.2. The fourth-order valence-electron chi connectivity index (χ4n) is 1.48. The summed E-state index contributed by atoms with van der Waals surface area (Å²) in [7, 11) is 0. The van der Waals surface area contributed by atoms with Crippen molar-refractivity contribution in [2.75, 3.05) is 13.1 Å². The summed E-state index contributed by atoms with van der Waals surface area (Å²) in [5.41, 5.74) is 0. The van der Waals surface area contributed by atoms with Crippen LogP contribution in [0.25, 0.3) is 0 Å². The number of aromatic nitrogens is 4. The van der Waals surface area contributed by atoms with Crippen LogP contribution in [-0.4, -0.2) is 45.7 Å². The Labute approximate surface area is 80.6 Å². The highest BCUT2D eigenvalue weighted by molar-refractivity contribution is 5.90. The van der Waals surface area contributed by atoms with Gasteiger partial charge in [-0.1, -0.05) is 0 Å². The van der Waals surface area contributed by atoms with Gasteiger partial charge in [-0.3, -0.25) is 4.79 Å². The van der Waals surface area contributed by atoms with Crippen LogP contribution in [0.15, 0.2) is 0 Å². The van der Waals surface area contributed by atoms with Crippen LogP contribution >= 0.6 is 0 Å². The van der Waals surface area contributed by atoms with Crippen molar-refractivity contribution in [1.29, 1.82) is 0 Å². The molecule has 1 atom stereocenters. The van der Waals surface area contributed by atoms with E-state index in [-0.39, 0.29) is 11.7 Å². The Hall–Kier alpha value is -1.50. The first-order chi connectivity index (χ1) is 6.86. The van der Waals surface area contributed by atoms with Gasteiger partial charge >= 0.3 is 0 Å². The van der Waals surface area contributed by atoms with E-state index >= 15 is 0 Å². The Morgan fingerprint density at radius 2 is 2.57 bits per heavy atom. The second-order valence-corrected chi connectivity index (χ2v) is 3.24. The quantitative estimate of drug-likeness (QED) is 0.557. The van der Waals surface area contributed by atoms with Gasteiger partial charge in [0.05, 0.1) is 0 Å². The lowest BCUT2D eigenvalue weighted by Gasteiger charge is -2.09. The Morgan fingerprint density at radius 1 is 1.64 bits per heavy atom. The zero-order valence-electron chi connectivity index (χ0n) is 7.66. The lowest BCUT2D eigenvalue weighted by molar-refractivity contribution is 0.0940. The third-order valence-corrected chi connectivity index (χ3v) is 2.22. The second-order valence-electron chi connectivity index (χ2n) is 3.24. The average molecular weight is 196 g/mol.